The van der Waals surface area contributed by atoms with Crippen molar-refractivity contribution in [2.75, 3.05) is 7.11 Å². The second-order valence-electron chi connectivity index (χ2n) is 7.23. The highest BCUT2D eigenvalue weighted by atomic mass is 16.5. The van der Waals surface area contributed by atoms with Crippen LogP contribution in [0.1, 0.15) is 28.4 Å². The standard InChI is InChI=1S/C24H21N3O4/c1-15-12-17(8-9-19(15)31-2)22(28)20-21(18-7-3-4-11-26-18)27(24(30)23(20)29)14-16-6-5-10-25-13-16/h3-13,21,28H,14H2,1-2H3/b22-20-. The van der Waals surface area contributed by atoms with Crippen LogP contribution in [-0.2, 0) is 16.1 Å². The Hall–Kier alpha value is -4.00. The number of ether oxygens (including phenoxy) is 1. The van der Waals surface area contributed by atoms with Crippen LogP contribution in [0.5, 0.6) is 5.75 Å². The number of hydrogen-bond donors (Lipinski definition) is 1. The highest BCUT2D eigenvalue weighted by Crippen LogP contribution is 2.39. The Balaban J connectivity index is 1.85. The van der Waals surface area contributed by atoms with Crippen molar-refractivity contribution in [3.8, 4) is 5.75 Å². The zero-order valence-electron chi connectivity index (χ0n) is 17.1. The Kier molecular flexibility index (Phi) is 5.49. The fourth-order valence-corrected chi connectivity index (χ4v) is 3.76. The molecule has 0 bridgehead atoms. The molecule has 1 aliphatic rings. The smallest absolute Gasteiger partial charge is 0.296 e. The third kappa shape index (κ3) is 3.77. The maximum absolute atomic E-state index is 13.0. The van der Waals surface area contributed by atoms with Gasteiger partial charge in [-0.05, 0) is 54.4 Å². The van der Waals surface area contributed by atoms with Crippen LogP contribution in [0.3, 0.4) is 0 Å². The molecule has 0 saturated carbocycles. The van der Waals surface area contributed by atoms with Gasteiger partial charge in [0.2, 0.25) is 0 Å². The molecule has 1 unspecified atom stereocenters. The van der Waals surface area contributed by atoms with Crippen molar-refractivity contribution in [3.63, 3.8) is 0 Å². The van der Waals surface area contributed by atoms with Crippen molar-refractivity contribution in [1.29, 1.82) is 0 Å². The summed E-state index contributed by atoms with van der Waals surface area (Å²) in [5.74, 6) is -1.01. The number of amides is 1. The number of pyridine rings is 2. The van der Waals surface area contributed by atoms with Crippen LogP contribution in [0.15, 0.2) is 72.7 Å². The van der Waals surface area contributed by atoms with Crippen molar-refractivity contribution >= 4 is 17.4 Å². The van der Waals surface area contributed by atoms with E-state index in [1.165, 1.54) is 4.90 Å². The van der Waals surface area contributed by atoms with Crippen LogP contribution in [0.25, 0.3) is 5.76 Å². The molecule has 7 nitrogen and oxygen atoms in total. The van der Waals surface area contributed by atoms with E-state index in [2.05, 4.69) is 9.97 Å². The van der Waals surface area contributed by atoms with Gasteiger partial charge in [0.05, 0.1) is 18.4 Å². The van der Waals surface area contributed by atoms with Gasteiger partial charge in [0, 0.05) is 30.7 Å². The molecule has 7 heteroatoms. The first-order valence-electron chi connectivity index (χ1n) is 9.74. The van der Waals surface area contributed by atoms with Gasteiger partial charge < -0.3 is 14.7 Å². The maximum atomic E-state index is 13.0. The van der Waals surface area contributed by atoms with Gasteiger partial charge in [-0.1, -0.05) is 12.1 Å². The Morgan fingerprint density at radius 3 is 2.61 bits per heavy atom. The van der Waals surface area contributed by atoms with Crippen LogP contribution < -0.4 is 4.74 Å². The SMILES string of the molecule is COc1ccc(/C(O)=C2/C(=O)C(=O)N(Cc3cccnc3)C2c2ccccn2)cc1C. The first-order valence-corrected chi connectivity index (χ1v) is 9.74. The Morgan fingerprint density at radius 1 is 1.13 bits per heavy atom. The number of carbonyl (C=O) groups excluding carboxylic acids is 2. The molecule has 0 spiro atoms. The molecular weight excluding hydrogens is 394 g/mol. The van der Waals surface area contributed by atoms with Gasteiger partial charge in [-0.25, -0.2) is 0 Å². The number of Topliss-reactive ketones (excluding diaryl/α,β-unsaturated/α-hetero) is 1. The lowest BCUT2D eigenvalue weighted by Gasteiger charge is -2.24. The first kappa shape index (κ1) is 20.3. The number of rotatable bonds is 5. The van der Waals surface area contributed by atoms with E-state index in [1.54, 1.807) is 68.2 Å². The summed E-state index contributed by atoms with van der Waals surface area (Å²) in [5, 5.41) is 11.1. The Morgan fingerprint density at radius 2 is 1.97 bits per heavy atom. The maximum Gasteiger partial charge on any atom is 0.296 e. The van der Waals surface area contributed by atoms with Crippen LogP contribution in [0.2, 0.25) is 0 Å². The molecule has 3 aromatic rings. The summed E-state index contributed by atoms with van der Waals surface area (Å²) >= 11 is 0. The topological polar surface area (TPSA) is 92.6 Å². The van der Waals surface area contributed by atoms with Gasteiger partial charge in [-0.3, -0.25) is 19.6 Å². The highest BCUT2D eigenvalue weighted by molar-refractivity contribution is 6.46. The van der Waals surface area contributed by atoms with Crippen molar-refractivity contribution in [2.45, 2.75) is 19.5 Å². The molecule has 1 saturated heterocycles. The van der Waals surface area contributed by atoms with Gasteiger partial charge in [-0.15, -0.1) is 0 Å². The van der Waals surface area contributed by atoms with Gasteiger partial charge >= 0.3 is 0 Å². The number of methoxy groups -OCH3 is 1. The average molecular weight is 415 g/mol. The molecule has 1 aliphatic heterocycles. The fourth-order valence-electron chi connectivity index (χ4n) is 3.76. The number of hydrogen-bond acceptors (Lipinski definition) is 6. The zero-order valence-corrected chi connectivity index (χ0v) is 17.1. The molecule has 4 rings (SSSR count). The highest BCUT2D eigenvalue weighted by Gasteiger charge is 2.46. The number of aliphatic hydroxyl groups excluding tert-OH is 1. The van der Waals surface area contributed by atoms with Gasteiger partial charge in [-0.2, -0.15) is 0 Å². The third-order valence-electron chi connectivity index (χ3n) is 5.25. The number of aryl methyl sites for hydroxylation is 1. The summed E-state index contributed by atoms with van der Waals surface area (Å²) in [6, 6.07) is 13.1. The quantitative estimate of drug-likeness (QED) is 0.390. The minimum absolute atomic E-state index is 0.0113. The molecule has 3 heterocycles. The summed E-state index contributed by atoms with van der Waals surface area (Å²) in [4.78, 5) is 35.9. The number of carbonyl (C=O) groups is 2. The summed E-state index contributed by atoms with van der Waals surface area (Å²) in [6.45, 7) is 2.00. The molecule has 0 aliphatic carbocycles. The second-order valence-corrected chi connectivity index (χ2v) is 7.23. The number of ketones is 1. The molecule has 1 amide bonds. The Bertz CT molecular complexity index is 1160. The van der Waals surface area contributed by atoms with Crippen molar-refractivity contribution in [3.05, 3.63) is 95.1 Å². The van der Waals surface area contributed by atoms with Gasteiger partial charge in [0.15, 0.2) is 0 Å². The summed E-state index contributed by atoms with van der Waals surface area (Å²) in [6.07, 6.45) is 4.87. The lowest BCUT2D eigenvalue weighted by molar-refractivity contribution is -0.140. The normalized spacial score (nSPS) is 17.7. The molecular formula is C24H21N3O4. The molecule has 1 N–H and O–H groups in total. The lowest BCUT2D eigenvalue weighted by Crippen LogP contribution is -2.29. The number of aliphatic hydroxyl groups is 1. The van der Waals surface area contributed by atoms with Crippen molar-refractivity contribution in [2.24, 2.45) is 0 Å². The fraction of sp³-hybridized carbons (Fsp3) is 0.167. The van der Waals surface area contributed by atoms with Crippen molar-refractivity contribution in [1.82, 2.24) is 14.9 Å². The second kappa shape index (κ2) is 8.39. The third-order valence-corrected chi connectivity index (χ3v) is 5.25. The molecule has 2 aromatic heterocycles. The van der Waals surface area contributed by atoms with E-state index in [0.717, 1.165) is 11.1 Å². The minimum atomic E-state index is -0.816. The molecule has 156 valence electrons. The van der Waals surface area contributed by atoms with Crippen LogP contribution >= 0.6 is 0 Å². The van der Waals surface area contributed by atoms with Crippen molar-refractivity contribution < 1.29 is 19.4 Å². The first-order chi connectivity index (χ1) is 15.0. The van der Waals surface area contributed by atoms with E-state index in [1.807, 2.05) is 13.0 Å². The molecule has 1 fully saturated rings. The largest absolute Gasteiger partial charge is 0.507 e. The number of aromatic nitrogens is 2. The van der Waals surface area contributed by atoms with E-state index in [9.17, 15) is 14.7 Å². The summed E-state index contributed by atoms with van der Waals surface area (Å²) in [7, 11) is 1.56. The lowest BCUT2D eigenvalue weighted by atomic mass is 9.97. The van der Waals surface area contributed by atoms with E-state index < -0.39 is 17.7 Å². The predicted octanol–water partition coefficient (Wildman–Crippen LogP) is 3.42. The van der Waals surface area contributed by atoms with E-state index in [-0.39, 0.29) is 17.9 Å². The minimum Gasteiger partial charge on any atom is -0.507 e. The molecule has 31 heavy (non-hydrogen) atoms. The number of likely N-dealkylation sites (tertiary alicyclic amines) is 1. The molecule has 1 aromatic carbocycles. The van der Waals surface area contributed by atoms with Crippen LogP contribution in [-0.4, -0.2) is 38.8 Å². The van der Waals surface area contributed by atoms with E-state index >= 15 is 0 Å². The number of nitrogens with zero attached hydrogens (tertiary/aromatic N) is 3. The van der Waals surface area contributed by atoms with Crippen LogP contribution in [0.4, 0.5) is 0 Å². The van der Waals surface area contributed by atoms with E-state index in [0.29, 0.717) is 17.0 Å². The monoisotopic (exact) mass is 415 g/mol. The van der Waals surface area contributed by atoms with Gasteiger partial charge in [0.25, 0.3) is 11.7 Å². The molecule has 1 atom stereocenters. The zero-order chi connectivity index (χ0) is 22.0. The average Bonchev–Trinajstić information content (AvgIpc) is 3.04. The summed E-state index contributed by atoms with van der Waals surface area (Å²) < 4.78 is 5.27. The molecule has 0 radical (unpaired) electrons. The Labute approximate surface area is 179 Å². The van der Waals surface area contributed by atoms with Crippen LogP contribution in [0, 0.1) is 6.92 Å². The van der Waals surface area contributed by atoms with E-state index in [4.69, 9.17) is 4.74 Å². The predicted molar refractivity (Wildman–Crippen MR) is 114 cm³/mol. The summed E-state index contributed by atoms with van der Waals surface area (Å²) in [5.41, 5.74) is 2.50. The number of benzene rings is 1. The van der Waals surface area contributed by atoms with Gasteiger partial charge in [0.1, 0.15) is 17.6 Å².